The van der Waals surface area contributed by atoms with Crippen LogP contribution in [0.4, 0.5) is 0 Å². The van der Waals surface area contributed by atoms with Gasteiger partial charge in [-0.1, -0.05) is 55.3 Å². The Morgan fingerprint density at radius 3 is 2.46 bits per heavy atom. The van der Waals surface area contributed by atoms with Gasteiger partial charge in [-0.2, -0.15) is 0 Å². The first-order chi connectivity index (χ1) is 19.8. The molecule has 2 fully saturated rings. The lowest BCUT2D eigenvalue weighted by atomic mass is 9.95. The summed E-state index contributed by atoms with van der Waals surface area (Å²) in [7, 11) is 3.06. The molecule has 3 aliphatic rings. The molecule has 41 heavy (non-hydrogen) atoms. The SMILES string of the molecule is COC(=O)Cc1ccc(CN2CC(C(=O)N3CCc4nc(SC5CCCCC5)n(C[C@@H](C)OC)c(=O)c4C3)C2)cc1. The molecule has 1 aliphatic carbocycles. The van der Waals surface area contributed by atoms with Crippen LogP contribution in [0.15, 0.2) is 34.2 Å². The van der Waals surface area contributed by atoms with Crippen LogP contribution >= 0.6 is 11.8 Å². The molecule has 2 aromatic rings. The number of carbonyl (C=O) groups excluding carboxylic acids is 2. The van der Waals surface area contributed by atoms with Crippen LogP contribution in [0, 0.1) is 5.92 Å². The van der Waals surface area contributed by atoms with Gasteiger partial charge in [-0.05, 0) is 30.9 Å². The van der Waals surface area contributed by atoms with Crippen molar-refractivity contribution in [3.8, 4) is 0 Å². The number of amides is 1. The summed E-state index contributed by atoms with van der Waals surface area (Å²) < 4.78 is 12.0. The lowest BCUT2D eigenvalue weighted by Crippen LogP contribution is -2.55. The van der Waals surface area contributed by atoms with Gasteiger partial charge in [0.25, 0.3) is 5.56 Å². The van der Waals surface area contributed by atoms with Crippen LogP contribution in [0.2, 0.25) is 0 Å². The van der Waals surface area contributed by atoms with E-state index in [0.717, 1.165) is 28.5 Å². The molecule has 1 aromatic heterocycles. The van der Waals surface area contributed by atoms with Crippen molar-refractivity contribution in [3.63, 3.8) is 0 Å². The smallest absolute Gasteiger partial charge is 0.309 e. The quantitative estimate of drug-likeness (QED) is 0.311. The second-order valence-corrected chi connectivity index (χ2v) is 12.9. The fourth-order valence-corrected chi connectivity index (χ4v) is 7.28. The normalized spacial score (nSPS) is 19.0. The van der Waals surface area contributed by atoms with Gasteiger partial charge >= 0.3 is 5.97 Å². The highest BCUT2D eigenvalue weighted by Crippen LogP contribution is 2.33. The first-order valence-corrected chi connectivity index (χ1v) is 15.7. The van der Waals surface area contributed by atoms with Gasteiger partial charge in [0.1, 0.15) is 0 Å². The average molecular weight is 583 g/mol. The van der Waals surface area contributed by atoms with Gasteiger partial charge in [0, 0.05) is 45.0 Å². The van der Waals surface area contributed by atoms with Crippen molar-refractivity contribution >= 4 is 23.6 Å². The van der Waals surface area contributed by atoms with E-state index in [4.69, 9.17) is 14.5 Å². The number of thioether (sulfide) groups is 1. The minimum Gasteiger partial charge on any atom is -0.469 e. The predicted molar refractivity (Wildman–Crippen MR) is 158 cm³/mol. The summed E-state index contributed by atoms with van der Waals surface area (Å²) in [5, 5.41) is 1.30. The Morgan fingerprint density at radius 2 is 1.78 bits per heavy atom. The topological polar surface area (TPSA) is 94.0 Å². The Hall–Kier alpha value is -2.69. The lowest BCUT2D eigenvalue weighted by molar-refractivity contribution is -0.142. The number of rotatable bonds is 10. The number of benzene rings is 1. The van der Waals surface area contributed by atoms with Gasteiger partial charge in [0.05, 0.1) is 49.9 Å². The molecule has 10 heteroatoms. The monoisotopic (exact) mass is 582 g/mol. The molecule has 0 spiro atoms. The maximum atomic E-state index is 13.8. The van der Waals surface area contributed by atoms with Gasteiger partial charge in [0.15, 0.2) is 5.16 Å². The van der Waals surface area contributed by atoms with Crippen LogP contribution in [0.25, 0.3) is 0 Å². The summed E-state index contributed by atoms with van der Waals surface area (Å²) in [4.78, 5) is 47.8. The molecular weight excluding hydrogens is 540 g/mol. The van der Waals surface area contributed by atoms with E-state index in [9.17, 15) is 14.4 Å². The second-order valence-electron chi connectivity index (χ2n) is 11.6. The molecule has 0 N–H and O–H groups in total. The van der Waals surface area contributed by atoms with Crippen molar-refractivity contribution in [2.75, 3.05) is 33.9 Å². The average Bonchev–Trinajstić information content (AvgIpc) is 2.97. The third-order valence-electron chi connectivity index (χ3n) is 8.57. The summed E-state index contributed by atoms with van der Waals surface area (Å²) in [5.74, 6) is -0.183. The van der Waals surface area contributed by atoms with Crippen LogP contribution < -0.4 is 5.56 Å². The van der Waals surface area contributed by atoms with E-state index in [1.54, 1.807) is 23.4 Å². The molecule has 2 aliphatic heterocycles. The van der Waals surface area contributed by atoms with Crippen molar-refractivity contribution in [1.29, 1.82) is 0 Å². The molecule has 222 valence electrons. The zero-order valence-corrected chi connectivity index (χ0v) is 25.3. The number of fused-ring (bicyclic) bond motifs is 1. The number of esters is 1. The summed E-state index contributed by atoms with van der Waals surface area (Å²) in [6.07, 6.45) is 6.87. The Balaban J connectivity index is 1.21. The van der Waals surface area contributed by atoms with Gasteiger partial charge in [0.2, 0.25) is 5.91 Å². The fourth-order valence-electron chi connectivity index (χ4n) is 5.97. The maximum absolute atomic E-state index is 13.8. The van der Waals surface area contributed by atoms with E-state index >= 15 is 0 Å². The van der Waals surface area contributed by atoms with Crippen molar-refractivity contribution in [3.05, 3.63) is 57.0 Å². The molecule has 1 atom stereocenters. The molecule has 0 unspecified atom stereocenters. The van der Waals surface area contributed by atoms with Crippen LogP contribution in [-0.4, -0.2) is 76.4 Å². The zero-order chi connectivity index (χ0) is 28.9. The molecule has 0 radical (unpaired) electrons. The number of aromatic nitrogens is 2. The predicted octanol–water partition coefficient (Wildman–Crippen LogP) is 3.44. The van der Waals surface area contributed by atoms with Crippen LogP contribution in [-0.2, 0) is 51.5 Å². The molecule has 1 saturated carbocycles. The van der Waals surface area contributed by atoms with E-state index in [2.05, 4.69) is 4.90 Å². The van der Waals surface area contributed by atoms with Crippen LogP contribution in [0.3, 0.4) is 0 Å². The standard InChI is InChI=1S/C31H42N4O5S/c1-21(39-2)16-35-30(38)26-20-34(14-13-27(26)32-31(35)41-25-7-5-4-6-8-25)29(37)24-18-33(19-24)17-23-11-9-22(10-12-23)15-28(36)40-3/h9-12,21,24-25H,4-8,13-20H2,1-3H3/t21-/m1/s1. The second kappa shape index (κ2) is 13.5. The molecule has 9 nitrogen and oxygen atoms in total. The Kier molecular flexibility index (Phi) is 9.83. The molecular formula is C31H42N4O5S. The molecule has 3 heterocycles. The Morgan fingerprint density at radius 1 is 1.07 bits per heavy atom. The number of hydrogen-bond donors (Lipinski definition) is 0. The van der Waals surface area contributed by atoms with E-state index < -0.39 is 0 Å². The fraction of sp³-hybridized carbons (Fsp3) is 0.613. The zero-order valence-electron chi connectivity index (χ0n) is 24.5. The highest BCUT2D eigenvalue weighted by atomic mass is 32.2. The molecule has 0 bridgehead atoms. The Bertz CT molecular complexity index is 1280. The van der Waals surface area contributed by atoms with E-state index in [1.807, 2.05) is 36.1 Å². The highest BCUT2D eigenvalue weighted by Gasteiger charge is 2.37. The number of carbonyl (C=O) groups is 2. The van der Waals surface area contributed by atoms with Gasteiger partial charge < -0.3 is 14.4 Å². The van der Waals surface area contributed by atoms with E-state index in [1.165, 1.54) is 39.2 Å². The van der Waals surface area contributed by atoms with Crippen LogP contribution in [0.5, 0.6) is 0 Å². The van der Waals surface area contributed by atoms with Crippen molar-refractivity contribution < 1.29 is 19.1 Å². The summed E-state index contributed by atoms with van der Waals surface area (Å²) in [5.41, 5.74) is 3.55. The number of methoxy groups -OCH3 is 2. The summed E-state index contributed by atoms with van der Waals surface area (Å²) in [6.45, 7) is 5.53. The Labute approximate surface area is 246 Å². The number of nitrogens with zero attached hydrogens (tertiary/aromatic N) is 4. The van der Waals surface area contributed by atoms with Gasteiger partial charge in [-0.25, -0.2) is 4.98 Å². The third-order valence-corrected chi connectivity index (χ3v) is 9.90. The third kappa shape index (κ3) is 7.21. The van der Waals surface area contributed by atoms with Crippen molar-refractivity contribution in [1.82, 2.24) is 19.4 Å². The minimum atomic E-state index is -0.250. The van der Waals surface area contributed by atoms with E-state index in [0.29, 0.717) is 50.0 Å². The molecule has 1 aromatic carbocycles. The van der Waals surface area contributed by atoms with Crippen LogP contribution in [0.1, 0.15) is 61.4 Å². The number of likely N-dealkylation sites (tertiary alicyclic amines) is 1. The largest absolute Gasteiger partial charge is 0.469 e. The van der Waals surface area contributed by atoms with E-state index in [-0.39, 0.29) is 35.9 Å². The number of hydrogen-bond acceptors (Lipinski definition) is 8. The molecule has 5 rings (SSSR count). The van der Waals surface area contributed by atoms with Crippen molar-refractivity contribution in [2.45, 2.75) is 88.0 Å². The first-order valence-electron chi connectivity index (χ1n) is 14.8. The van der Waals surface area contributed by atoms with Gasteiger partial charge in [-0.3, -0.25) is 23.9 Å². The highest BCUT2D eigenvalue weighted by molar-refractivity contribution is 7.99. The minimum absolute atomic E-state index is 0.0272. The lowest BCUT2D eigenvalue weighted by Gasteiger charge is -2.41. The summed E-state index contributed by atoms with van der Waals surface area (Å²) >= 11 is 1.75. The number of ether oxygens (including phenoxy) is 2. The van der Waals surface area contributed by atoms with Gasteiger partial charge in [-0.15, -0.1) is 0 Å². The van der Waals surface area contributed by atoms with Crippen molar-refractivity contribution in [2.24, 2.45) is 5.92 Å². The molecule has 1 saturated heterocycles. The summed E-state index contributed by atoms with van der Waals surface area (Å²) in [6, 6.07) is 7.96. The maximum Gasteiger partial charge on any atom is 0.309 e. The first kappa shape index (κ1) is 29.8. The molecule has 1 amide bonds.